The first-order chi connectivity index (χ1) is 14.9. The molecule has 0 saturated carbocycles. The first kappa shape index (κ1) is 24.3. The van der Waals surface area contributed by atoms with Gasteiger partial charge >= 0.3 is 0 Å². The normalized spacial score (nSPS) is 11.9. The van der Waals surface area contributed by atoms with Crippen LogP contribution in [-0.2, 0) is 10.8 Å². The molecule has 0 aliphatic heterocycles. The zero-order chi connectivity index (χ0) is 23.5. The van der Waals surface area contributed by atoms with Gasteiger partial charge in [0.25, 0.3) is 0 Å². The van der Waals surface area contributed by atoms with E-state index in [1.807, 2.05) is 24.3 Å². The Morgan fingerprint density at radius 2 is 0.781 bits per heavy atom. The van der Waals surface area contributed by atoms with Gasteiger partial charge in [-0.3, -0.25) is 9.59 Å². The van der Waals surface area contributed by atoms with Gasteiger partial charge in [0.15, 0.2) is 0 Å². The van der Waals surface area contributed by atoms with Crippen molar-refractivity contribution < 1.29 is 9.59 Å². The molecule has 0 amide bonds. The molecule has 0 bridgehead atoms. The monoisotopic (exact) mass is 462 g/mol. The maximum Gasteiger partial charge on any atom is 0.224 e. The smallest absolute Gasteiger partial charge is 0.224 e. The van der Waals surface area contributed by atoms with Crippen LogP contribution in [0.4, 0.5) is 0 Å². The molecular weight excluding hydrogens is 432 g/mol. The molecule has 0 N–H and O–H groups in total. The molecule has 0 radical (unpaired) electrons. The van der Waals surface area contributed by atoms with E-state index in [2.05, 4.69) is 65.8 Å². The lowest BCUT2D eigenvalue weighted by Crippen LogP contribution is -2.10. The fraction of sp³-hybridized carbons (Fsp3) is 0.286. The Bertz CT molecular complexity index is 992. The van der Waals surface area contributed by atoms with Crippen molar-refractivity contribution in [3.05, 3.63) is 95.1 Å². The van der Waals surface area contributed by atoms with Crippen molar-refractivity contribution in [2.45, 2.75) is 62.2 Å². The van der Waals surface area contributed by atoms with E-state index in [4.69, 9.17) is 0 Å². The number of benzene rings is 3. The first-order valence-electron chi connectivity index (χ1n) is 10.7. The Morgan fingerprint density at radius 3 is 1.03 bits per heavy atom. The summed E-state index contributed by atoms with van der Waals surface area (Å²) in [6.45, 7) is 13.0. The van der Waals surface area contributed by atoms with E-state index >= 15 is 0 Å². The number of rotatable bonds is 4. The SMILES string of the molecule is CC(C)(C)c1ccc(SC(=O)c2ccc(C(=O)Sc3ccc(C(C)(C)C)cc3)cc2)cc1. The summed E-state index contributed by atoms with van der Waals surface area (Å²) in [5, 5.41) is -0.0594. The van der Waals surface area contributed by atoms with E-state index in [1.165, 1.54) is 34.7 Å². The average Bonchev–Trinajstić information content (AvgIpc) is 2.73. The predicted octanol–water partition coefficient (Wildman–Crippen LogP) is 8.15. The summed E-state index contributed by atoms with van der Waals surface area (Å²) in [5.74, 6) is 0. The van der Waals surface area contributed by atoms with Gasteiger partial charge in [-0.15, -0.1) is 0 Å². The summed E-state index contributed by atoms with van der Waals surface area (Å²) in [7, 11) is 0. The average molecular weight is 463 g/mol. The van der Waals surface area contributed by atoms with Gasteiger partial charge in [-0.05, 0) is 94.0 Å². The zero-order valence-corrected chi connectivity index (χ0v) is 21.2. The molecule has 3 aromatic carbocycles. The highest BCUT2D eigenvalue weighted by Gasteiger charge is 2.16. The van der Waals surface area contributed by atoms with Crippen LogP contribution in [0.2, 0.25) is 0 Å². The van der Waals surface area contributed by atoms with Gasteiger partial charge in [-0.2, -0.15) is 0 Å². The Hall–Kier alpha value is -2.30. The number of carbonyl (C=O) groups is 2. The second-order valence-electron chi connectivity index (χ2n) is 9.91. The lowest BCUT2D eigenvalue weighted by Gasteiger charge is -2.19. The highest BCUT2D eigenvalue weighted by Crippen LogP contribution is 2.29. The molecule has 0 spiro atoms. The molecule has 3 aromatic rings. The van der Waals surface area contributed by atoms with Gasteiger partial charge in [0.2, 0.25) is 10.2 Å². The van der Waals surface area contributed by atoms with Crippen LogP contribution in [0.1, 0.15) is 73.4 Å². The van der Waals surface area contributed by atoms with Crippen molar-refractivity contribution in [2.75, 3.05) is 0 Å². The molecule has 166 valence electrons. The van der Waals surface area contributed by atoms with Gasteiger partial charge in [0.1, 0.15) is 0 Å². The minimum absolute atomic E-state index is 0.0297. The van der Waals surface area contributed by atoms with Crippen molar-refractivity contribution in [1.82, 2.24) is 0 Å². The zero-order valence-electron chi connectivity index (χ0n) is 19.6. The summed E-state index contributed by atoms with van der Waals surface area (Å²) in [6, 6.07) is 23.2. The molecule has 0 atom stereocenters. The molecule has 32 heavy (non-hydrogen) atoms. The Morgan fingerprint density at radius 1 is 0.500 bits per heavy atom. The maximum atomic E-state index is 12.7. The third kappa shape index (κ3) is 6.36. The van der Waals surface area contributed by atoms with Crippen LogP contribution in [0.3, 0.4) is 0 Å². The summed E-state index contributed by atoms with van der Waals surface area (Å²) in [5.41, 5.74) is 3.83. The summed E-state index contributed by atoms with van der Waals surface area (Å²) < 4.78 is 0. The largest absolute Gasteiger partial charge is 0.281 e. The van der Waals surface area contributed by atoms with E-state index in [0.29, 0.717) is 11.1 Å². The molecule has 0 aliphatic rings. The van der Waals surface area contributed by atoms with Crippen LogP contribution in [0.5, 0.6) is 0 Å². The van der Waals surface area contributed by atoms with Gasteiger partial charge < -0.3 is 0 Å². The van der Waals surface area contributed by atoms with Crippen molar-refractivity contribution in [3.8, 4) is 0 Å². The molecule has 0 aliphatic carbocycles. The minimum atomic E-state index is -0.0297. The van der Waals surface area contributed by atoms with Crippen LogP contribution in [-0.4, -0.2) is 10.2 Å². The van der Waals surface area contributed by atoms with E-state index in [1.54, 1.807) is 24.3 Å². The standard InChI is InChI=1S/C28H30O2S2/c1-27(2,3)21-11-15-23(16-12-21)31-25(29)19-7-9-20(10-8-19)26(30)32-24-17-13-22(14-18-24)28(4,5)6/h7-18H,1-6H3. The quantitative estimate of drug-likeness (QED) is 0.366. The molecule has 0 aromatic heterocycles. The summed E-state index contributed by atoms with van der Waals surface area (Å²) in [6.07, 6.45) is 0. The lowest BCUT2D eigenvalue weighted by molar-refractivity contribution is 0.107. The second kappa shape index (κ2) is 9.68. The number of hydrogen-bond donors (Lipinski definition) is 0. The fourth-order valence-corrected chi connectivity index (χ4v) is 4.60. The fourth-order valence-electron chi connectivity index (χ4n) is 3.12. The third-order valence-corrected chi connectivity index (χ3v) is 7.08. The van der Waals surface area contributed by atoms with Crippen molar-refractivity contribution in [3.63, 3.8) is 0 Å². The second-order valence-corrected chi connectivity index (χ2v) is 12.0. The molecule has 3 rings (SSSR count). The van der Waals surface area contributed by atoms with Crippen molar-refractivity contribution >= 4 is 33.8 Å². The number of carbonyl (C=O) groups excluding carboxylic acids is 2. The maximum absolute atomic E-state index is 12.7. The first-order valence-corrected chi connectivity index (χ1v) is 12.3. The van der Waals surface area contributed by atoms with Crippen molar-refractivity contribution in [1.29, 1.82) is 0 Å². The Balaban J connectivity index is 1.62. The number of hydrogen-bond acceptors (Lipinski definition) is 4. The van der Waals surface area contributed by atoms with Crippen LogP contribution in [0.15, 0.2) is 82.6 Å². The predicted molar refractivity (Wildman–Crippen MR) is 137 cm³/mol. The highest BCUT2D eigenvalue weighted by atomic mass is 32.2. The summed E-state index contributed by atoms with van der Waals surface area (Å²) in [4.78, 5) is 27.1. The van der Waals surface area contributed by atoms with E-state index in [0.717, 1.165) is 9.79 Å². The summed E-state index contributed by atoms with van der Waals surface area (Å²) >= 11 is 2.41. The molecular formula is C28H30O2S2. The van der Waals surface area contributed by atoms with E-state index in [9.17, 15) is 9.59 Å². The van der Waals surface area contributed by atoms with Gasteiger partial charge in [-0.25, -0.2) is 0 Å². The van der Waals surface area contributed by atoms with Crippen LogP contribution >= 0.6 is 23.5 Å². The molecule has 0 heterocycles. The van der Waals surface area contributed by atoms with E-state index < -0.39 is 0 Å². The van der Waals surface area contributed by atoms with Gasteiger partial charge in [0, 0.05) is 20.9 Å². The van der Waals surface area contributed by atoms with Gasteiger partial charge in [0.05, 0.1) is 0 Å². The van der Waals surface area contributed by atoms with Gasteiger partial charge in [-0.1, -0.05) is 65.8 Å². The topological polar surface area (TPSA) is 34.1 Å². The lowest BCUT2D eigenvalue weighted by atomic mass is 9.87. The Labute approximate surface area is 200 Å². The molecule has 0 fully saturated rings. The molecule has 4 heteroatoms. The molecule has 0 unspecified atom stereocenters. The van der Waals surface area contributed by atoms with Crippen LogP contribution in [0, 0.1) is 0 Å². The third-order valence-electron chi connectivity index (χ3n) is 5.22. The highest BCUT2D eigenvalue weighted by molar-refractivity contribution is 8.14. The van der Waals surface area contributed by atoms with Crippen molar-refractivity contribution in [2.24, 2.45) is 0 Å². The number of thioether (sulfide) groups is 2. The van der Waals surface area contributed by atoms with Crippen LogP contribution in [0.25, 0.3) is 0 Å². The van der Waals surface area contributed by atoms with E-state index in [-0.39, 0.29) is 21.1 Å². The molecule has 0 saturated heterocycles. The minimum Gasteiger partial charge on any atom is -0.281 e. The van der Waals surface area contributed by atoms with Crippen LogP contribution < -0.4 is 0 Å². The Kier molecular flexibility index (Phi) is 7.36. The molecule has 2 nitrogen and oxygen atoms in total.